The van der Waals surface area contributed by atoms with E-state index in [2.05, 4.69) is 15.6 Å². The van der Waals surface area contributed by atoms with Gasteiger partial charge in [0.1, 0.15) is 30.7 Å². The Hall–Kier alpha value is -5.77. The van der Waals surface area contributed by atoms with Crippen molar-refractivity contribution in [2.24, 2.45) is 11.8 Å². The van der Waals surface area contributed by atoms with Crippen molar-refractivity contribution in [3.05, 3.63) is 126 Å². The number of aliphatic hydroxyl groups is 3. The Bertz CT molecular complexity index is 2170. The van der Waals surface area contributed by atoms with E-state index in [-0.39, 0.29) is 56.1 Å². The molecule has 1 aromatic heterocycles. The molecule has 0 radical (unpaired) electrons. The van der Waals surface area contributed by atoms with Crippen molar-refractivity contribution in [3.8, 4) is 5.75 Å². The first kappa shape index (κ1) is 47.3. The van der Waals surface area contributed by atoms with Gasteiger partial charge in [0.25, 0.3) is 0 Å². The Kier molecular flexibility index (Phi) is 16.7. The van der Waals surface area contributed by atoms with Crippen molar-refractivity contribution < 1.29 is 57.1 Å². The van der Waals surface area contributed by atoms with Crippen LogP contribution in [0.1, 0.15) is 75.5 Å². The smallest absolute Gasteiger partial charge is 0.416 e. The molecule has 3 aromatic carbocycles. The van der Waals surface area contributed by atoms with Gasteiger partial charge in [-0.15, -0.1) is 0 Å². The van der Waals surface area contributed by atoms with Crippen molar-refractivity contribution in [1.82, 2.24) is 10.3 Å². The average molecular weight is 862 g/mol. The maximum absolute atomic E-state index is 13.6. The molecule has 0 aliphatic heterocycles. The number of pyridine rings is 1. The number of halogens is 3. The minimum atomic E-state index is -4.52. The lowest BCUT2D eigenvalue weighted by Crippen LogP contribution is -2.37. The molecule has 1 fully saturated rings. The van der Waals surface area contributed by atoms with Crippen LogP contribution in [0.2, 0.25) is 0 Å². The number of hydrogen-bond donors (Lipinski definition) is 5. The summed E-state index contributed by atoms with van der Waals surface area (Å²) in [6.45, 7) is 4.94. The fraction of sp³-hybridized carbons (Fsp3) is 0.404. The van der Waals surface area contributed by atoms with Crippen LogP contribution in [-0.2, 0) is 31.8 Å². The predicted octanol–water partition coefficient (Wildman–Crippen LogP) is 8.01. The number of anilines is 1. The van der Waals surface area contributed by atoms with Gasteiger partial charge in [-0.05, 0) is 98.9 Å². The lowest BCUT2D eigenvalue weighted by Gasteiger charge is -2.22. The fourth-order valence-electron chi connectivity index (χ4n) is 7.03. The van der Waals surface area contributed by atoms with Crippen LogP contribution in [0.3, 0.4) is 0 Å². The molecule has 5 N–H and O–H groups in total. The summed E-state index contributed by atoms with van der Waals surface area (Å²) < 4.78 is 55.2. The normalized spacial score (nSPS) is 19.0. The summed E-state index contributed by atoms with van der Waals surface area (Å²) in [5.74, 6) is -2.33. The Balaban J connectivity index is 1.06. The monoisotopic (exact) mass is 861 g/mol. The molecule has 4 aromatic rings. The standard InChI is InChI=1S/C47H54F3N3O9/c1-46(2,3)62-45(59)52-27-40(44(58)53-35-18-17-33-26-51-22-21-32(33)23-35)31-15-13-30(14-16-31)28-61-43(57)12-7-5-4-6-11-38-39(42(56)25-41(38)55)20-19-36(54)29-60-37-10-8-9-34(24-37)47(48,49)50/h4,6,8-10,13-24,26,36,38-42,54-56H,5,7,11-12,25,27-29H2,1-3H3,(H,52,59)(H,53,58)/t36-,38-,39+,40?,41-,42-/m1/s1. The molecule has 0 saturated heterocycles. The molecule has 62 heavy (non-hydrogen) atoms. The van der Waals surface area contributed by atoms with Gasteiger partial charge in [0, 0.05) is 48.8 Å². The van der Waals surface area contributed by atoms with Gasteiger partial charge in [-0.2, -0.15) is 13.2 Å². The molecule has 1 saturated carbocycles. The van der Waals surface area contributed by atoms with Crippen molar-refractivity contribution >= 4 is 34.4 Å². The topological polar surface area (TPSA) is 177 Å². The van der Waals surface area contributed by atoms with Crippen LogP contribution in [0.4, 0.5) is 23.7 Å². The number of aromatic nitrogens is 1. The molecular formula is C47H54F3N3O9. The maximum Gasteiger partial charge on any atom is 0.416 e. The summed E-state index contributed by atoms with van der Waals surface area (Å²) in [6, 6.07) is 18.7. The van der Waals surface area contributed by atoms with Gasteiger partial charge in [0.2, 0.25) is 5.91 Å². The summed E-state index contributed by atoms with van der Waals surface area (Å²) in [5.41, 5.74) is 0.347. The molecule has 0 bridgehead atoms. The van der Waals surface area contributed by atoms with Gasteiger partial charge in [0.05, 0.1) is 23.7 Å². The molecule has 6 atom stereocenters. The SMILES string of the molecule is CC(C)(C)OC(=O)NCC(C(=O)Nc1ccc2cnccc2c1)c1ccc(COC(=O)CCCC=CC[C@@H]2[C@H](C=C[C@@H](O)COc3cccc(C(F)(F)F)c3)[C@H](O)C[C@H]2O)cc1. The van der Waals surface area contributed by atoms with E-state index in [0.29, 0.717) is 36.1 Å². The molecular weight excluding hydrogens is 808 g/mol. The molecule has 2 amide bonds. The minimum Gasteiger partial charge on any atom is -0.491 e. The number of carbonyl (C=O) groups is 3. The Morgan fingerprint density at radius 2 is 1.73 bits per heavy atom. The highest BCUT2D eigenvalue weighted by Gasteiger charge is 2.39. The number of amides is 2. The van der Waals surface area contributed by atoms with Crippen LogP contribution in [0.25, 0.3) is 10.8 Å². The van der Waals surface area contributed by atoms with Crippen LogP contribution in [0.5, 0.6) is 5.75 Å². The first-order valence-corrected chi connectivity index (χ1v) is 20.5. The van der Waals surface area contributed by atoms with Crippen molar-refractivity contribution in [1.29, 1.82) is 0 Å². The number of allylic oxidation sites excluding steroid dienone is 2. The molecule has 5 rings (SSSR count). The van der Waals surface area contributed by atoms with Crippen LogP contribution in [0, 0.1) is 11.8 Å². The third kappa shape index (κ3) is 14.7. The van der Waals surface area contributed by atoms with Crippen LogP contribution in [-0.4, -0.2) is 75.3 Å². The summed E-state index contributed by atoms with van der Waals surface area (Å²) in [6.07, 6.45) is 4.08. The third-order valence-corrected chi connectivity index (χ3v) is 10.2. The number of esters is 1. The highest BCUT2D eigenvalue weighted by atomic mass is 19.4. The molecule has 0 spiro atoms. The van der Waals surface area contributed by atoms with Gasteiger partial charge >= 0.3 is 18.2 Å². The predicted molar refractivity (Wildman–Crippen MR) is 227 cm³/mol. The van der Waals surface area contributed by atoms with E-state index >= 15 is 0 Å². The highest BCUT2D eigenvalue weighted by molar-refractivity contribution is 5.98. The molecule has 15 heteroatoms. The van der Waals surface area contributed by atoms with Crippen LogP contribution in [0.15, 0.2) is 109 Å². The van der Waals surface area contributed by atoms with Crippen LogP contribution >= 0.6 is 0 Å². The molecule has 1 aliphatic carbocycles. The zero-order chi connectivity index (χ0) is 44.9. The number of unbranched alkanes of at least 4 members (excludes halogenated alkanes) is 1. The highest BCUT2D eigenvalue weighted by Crippen LogP contribution is 2.37. The second-order valence-corrected chi connectivity index (χ2v) is 16.3. The second-order valence-electron chi connectivity index (χ2n) is 16.3. The molecule has 12 nitrogen and oxygen atoms in total. The number of nitrogens with zero attached hydrogens (tertiary/aromatic N) is 1. The lowest BCUT2D eigenvalue weighted by atomic mass is 9.89. The zero-order valence-electron chi connectivity index (χ0n) is 34.9. The van der Waals surface area contributed by atoms with E-state index in [1.807, 2.05) is 30.4 Å². The van der Waals surface area contributed by atoms with E-state index in [0.717, 1.165) is 22.9 Å². The summed E-state index contributed by atoms with van der Waals surface area (Å²) in [4.78, 5) is 42.8. The number of rotatable bonds is 18. The number of alkyl halides is 3. The van der Waals surface area contributed by atoms with Crippen molar-refractivity contribution in [3.63, 3.8) is 0 Å². The number of carbonyl (C=O) groups excluding carboxylic acids is 3. The fourth-order valence-corrected chi connectivity index (χ4v) is 7.03. The largest absolute Gasteiger partial charge is 0.491 e. The Morgan fingerprint density at radius 1 is 0.952 bits per heavy atom. The van der Waals surface area contributed by atoms with E-state index in [1.54, 1.807) is 69.6 Å². The molecule has 1 unspecified atom stereocenters. The van der Waals surface area contributed by atoms with E-state index in [4.69, 9.17) is 14.2 Å². The first-order chi connectivity index (χ1) is 29.4. The summed E-state index contributed by atoms with van der Waals surface area (Å²) >= 11 is 0. The van der Waals surface area contributed by atoms with Gasteiger partial charge in [0.15, 0.2) is 0 Å². The molecule has 1 heterocycles. The van der Waals surface area contributed by atoms with Gasteiger partial charge in [-0.1, -0.05) is 60.7 Å². The van der Waals surface area contributed by atoms with Gasteiger partial charge < -0.3 is 40.2 Å². The number of nitrogens with one attached hydrogen (secondary N) is 2. The number of ether oxygens (including phenoxy) is 3. The second kappa shape index (κ2) is 21.8. The van der Waals surface area contributed by atoms with Crippen LogP contribution < -0.4 is 15.4 Å². The number of alkyl carbamates (subject to hydrolysis) is 1. The maximum atomic E-state index is 13.6. The van der Waals surface area contributed by atoms with E-state index in [9.17, 15) is 42.9 Å². The minimum absolute atomic E-state index is 0.0246. The van der Waals surface area contributed by atoms with E-state index in [1.165, 1.54) is 18.2 Å². The molecule has 332 valence electrons. The van der Waals surface area contributed by atoms with Crippen molar-refractivity contribution in [2.45, 2.75) is 95.5 Å². The number of hydrogen-bond acceptors (Lipinski definition) is 10. The lowest BCUT2D eigenvalue weighted by molar-refractivity contribution is -0.145. The Labute approximate surface area is 358 Å². The summed E-state index contributed by atoms with van der Waals surface area (Å²) in [7, 11) is 0. The quantitative estimate of drug-likeness (QED) is 0.0374. The van der Waals surface area contributed by atoms with Crippen molar-refractivity contribution in [2.75, 3.05) is 18.5 Å². The average Bonchev–Trinajstić information content (AvgIpc) is 3.49. The molecule has 1 aliphatic rings. The third-order valence-electron chi connectivity index (χ3n) is 10.2. The zero-order valence-corrected chi connectivity index (χ0v) is 34.9. The number of fused-ring (bicyclic) bond motifs is 1. The summed E-state index contributed by atoms with van der Waals surface area (Å²) in [5, 5.41) is 39.0. The van der Waals surface area contributed by atoms with Gasteiger partial charge in [-0.25, -0.2) is 4.79 Å². The Morgan fingerprint density at radius 3 is 2.47 bits per heavy atom. The number of aliphatic hydroxyl groups excluding tert-OH is 3. The van der Waals surface area contributed by atoms with Gasteiger partial charge in [-0.3, -0.25) is 14.6 Å². The number of benzene rings is 3. The first-order valence-electron chi connectivity index (χ1n) is 20.5. The van der Waals surface area contributed by atoms with E-state index < -0.39 is 53.6 Å².